The van der Waals surface area contributed by atoms with E-state index in [2.05, 4.69) is 34.2 Å². The van der Waals surface area contributed by atoms with Gasteiger partial charge in [-0.05, 0) is 24.5 Å². The first-order chi connectivity index (χ1) is 10.4. The second-order valence-electron chi connectivity index (χ2n) is 5.13. The minimum Gasteiger partial charge on any atom is -0.434 e. The molecule has 0 saturated heterocycles. The zero-order valence-corrected chi connectivity index (χ0v) is 13.0. The van der Waals surface area contributed by atoms with Crippen LogP contribution in [0.3, 0.4) is 0 Å². The third-order valence-corrected chi connectivity index (χ3v) is 2.96. The lowest BCUT2D eigenvalue weighted by Crippen LogP contribution is -2.37. The highest BCUT2D eigenvalue weighted by Crippen LogP contribution is 2.23. The van der Waals surface area contributed by atoms with E-state index in [9.17, 15) is 13.2 Å². The summed E-state index contributed by atoms with van der Waals surface area (Å²) in [6, 6.07) is 3.83. The van der Waals surface area contributed by atoms with Crippen LogP contribution in [0.1, 0.15) is 25.8 Å². The second kappa shape index (κ2) is 9.17. The number of guanidine groups is 1. The van der Waals surface area contributed by atoms with Crippen LogP contribution in [0.15, 0.2) is 23.2 Å². The van der Waals surface area contributed by atoms with Crippen LogP contribution in [-0.2, 0) is 6.54 Å². The molecule has 1 aromatic carbocycles. The topological polar surface area (TPSA) is 45.7 Å². The Morgan fingerprint density at radius 1 is 1.27 bits per heavy atom. The molecular weight excluding hydrogens is 295 g/mol. The molecule has 1 aromatic rings. The molecule has 4 nitrogen and oxygen atoms in total. The lowest BCUT2D eigenvalue weighted by molar-refractivity contribution is -0.0506. The van der Waals surface area contributed by atoms with Crippen LogP contribution in [-0.4, -0.2) is 26.2 Å². The first kappa shape index (κ1) is 18.1. The van der Waals surface area contributed by atoms with E-state index in [1.54, 1.807) is 7.05 Å². The Labute approximate surface area is 128 Å². The Bertz CT molecular complexity index is 493. The van der Waals surface area contributed by atoms with Gasteiger partial charge in [-0.2, -0.15) is 8.78 Å². The number of aliphatic imine (C=N–C) groups is 1. The summed E-state index contributed by atoms with van der Waals surface area (Å²) in [6.07, 6.45) is 0.958. The molecule has 0 spiro atoms. The van der Waals surface area contributed by atoms with E-state index in [0.29, 0.717) is 11.9 Å². The minimum atomic E-state index is -3.00. The average Bonchev–Trinajstić information content (AvgIpc) is 2.43. The van der Waals surface area contributed by atoms with E-state index in [4.69, 9.17) is 0 Å². The predicted octanol–water partition coefficient (Wildman–Crippen LogP) is 3.14. The molecule has 0 amide bonds. The number of hydrogen-bond donors (Lipinski definition) is 2. The Hall–Kier alpha value is -1.92. The number of rotatable bonds is 7. The molecule has 0 aliphatic carbocycles. The van der Waals surface area contributed by atoms with Crippen molar-refractivity contribution in [2.45, 2.75) is 33.4 Å². The fourth-order valence-electron chi connectivity index (χ4n) is 1.79. The van der Waals surface area contributed by atoms with Crippen LogP contribution < -0.4 is 15.4 Å². The molecule has 0 heterocycles. The molecule has 0 bridgehead atoms. The Morgan fingerprint density at radius 2 is 2.00 bits per heavy atom. The largest absolute Gasteiger partial charge is 0.434 e. The van der Waals surface area contributed by atoms with Gasteiger partial charge in [0.1, 0.15) is 11.6 Å². The first-order valence-corrected chi connectivity index (χ1v) is 7.10. The highest BCUT2D eigenvalue weighted by Gasteiger charge is 2.14. The van der Waals surface area contributed by atoms with Gasteiger partial charge in [-0.15, -0.1) is 0 Å². The maximum atomic E-state index is 13.8. The van der Waals surface area contributed by atoms with Crippen LogP contribution in [0.5, 0.6) is 5.75 Å². The van der Waals surface area contributed by atoms with Crippen LogP contribution >= 0.6 is 0 Å². The van der Waals surface area contributed by atoms with Crippen molar-refractivity contribution >= 4 is 5.96 Å². The van der Waals surface area contributed by atoms with Crippen molar-refractivity contribution in [3.63, 3.8) is 0 Å². The molecule has 124 valence electrons. The number of ether oxygens (including phenoxy) is 1. The van der Waals surface area contributed by atoms with Gasteiger partial charge in [0, 0.05) is 25.7 Å². The van der Waals surface area contributed by atoms with Crippen molar-refractivity contribution in [2.24, 2.45) is 10.9 Å². The van der Waals surface area contributed by atoms with Gasteiger partial charge < -0.3 is 15.4 Å². The van der Waals surface area contributed by atoms with Gasteiger partial charge >= 0.3 is 6.61 Å². The van der Waals surface area contributed by atoms with Crippen molar-refractivity contribution in [1.82, 2.24) is 10.6 Å². The number of hydrogen-bond acceptors (Lipinski definition) is 2. The van der Waals surface area contributed by atoms with Crippen LogP contribution in [0.25, 0.3) is 0 Å². The molecule has 0 atom stereocenters. The molecule has 0 unspecified atom stereocenters. The van der Waals surface area contributed by atoms with Gasteiger partial charge in [0.25, 0.3) is 0 Å². The monoisotopic (exact) mass is 317 g/mol. The maximum Gasteiger partial charge on any atom is 0.387 e. The summed E-state index contributed by atoms with van der Waals surface area (Å²) in [4.78, 5) is 4.00. The average molecular weight is 317 g/mol. The predicted molar refractivity (Wildman–Crippen MR) is 80.7 cm³/mol. The van der Waals surface area contributed by atoms with E-state index in [-0.39, 0.29) is 17.9 Å². The number of alkyl halides is 2. The lowest BCUT2D eigenvalue weighted by Gasteiger charge is -2.15. The SMILES string of the molecule is CN=C(NCCC(C)C)NCc1c(F)cccc1OC(F)F. The molecule has 22 heavy (non-hydrogen) atoms. The number of nitrogens with zero attached hydrogens (tertiary/aromatic N) is 1. The molecule has 2 N–H and O–H groups in total. The Morgan fingerprint density at radius 3 is 2.59 bits per heavy atom. The molecule has 0 saturated carbocycles. The zero-order valence-electron chi connectivity index (χ0n) is 13.0. The van der Waals surface area contributed by atoms with Crippen molar-refractivity contribution in [3.8, 4) is 5.75 Å². The van der Waals surface area contributed by atoms with Crippen molar-refractivity contribution in [2.75, 3.05) is 13.6 Å². The Balaban J connectivity index is 2.65. The fourth-order valence-corrected chi connectivity index (χ4v) is 1.79. The minimum absolute atomic E-state index is 0.00389. The molecule has 0 radical (unpaired) electrons. The highest BCUT2D eigenvalue weighted by molar-refractivity contribution is 5.79. The summed E-state index contributed by atoms with van der Waals surface area (Å²) in [7, 11) is 1.59. The summed E-state index contributed by atoms with van der Waals surface area (Å²) in [5.41, 5.74) is 0.0367. The van der Waals surface area contributed by atoms with Crippen LogP contribution in [0.4, 0.5) is 13.2 Å². The second-order valence-corrected chi connectivity index (χ2v) is 5.13. The van der Waals surface area contributed by atoms with Crippen LogP contribution in [0, 0.1) is 11.7 Å². The van der Waals surface area contributed by atoms with Gasteiger partial charge in [-0.3, -0.25) is 4.99 Å². The summed E-state index contributed by atoms with van der Waals surface area (Å²) < 4.78 is 42.8. The van der Waals surface area contributed by atoms with Crippen molar-refractivity contribution < 1.29 is 17.9 Å². The van der Waals surface area contributed by atoms with E-state index in [0.717, 1.165) is 13.0 Å². The summed E-state index contributed by atoms with van der Waals surface area (Å²) in [6.45, 7) is 1.92. The van der Waals surface area contributed by atoms with Gasteiger partial charge in [0.2, 0.25) is 0 Å². The maximum absolute atomic E-state index is 13.8. The van der Waals surface area contributed by atoms with Gasteiger partial charge in [-0.25, -0.2) is 4.39 Å². The van der Waals surface area contributed by atoms with E-state index >= 15 is 0 Å². The Kier molecular flexibility index (Phi) is 7.56. The van der Waals surface area contributed by atoms with Gasteiger partial charge in [0.15, 0.2) is 5.96 Å². The highest BCUT2D eigenvalue weighted by atomic mass is 19.3. The quantitative estimate of drug-likeness (QED) is 0.600. The molecule has 0 aliphatic rings. The third kappa shape index (κ3) is 6.24. The smallest absolute Gasteiger partial charge is 0.387 e. The lowest BCUT2D eigenvalue weighted by atomic mass is 10.1. The van der Waals surface area contributed by atoms with Gasteiger partial charge in [-0.1, -0.05) is 19.9 Å². The summed E-state index contributed by atoms with van der Waals surface area (Å²) in [5, 5.41) is 5.97. The normalized spacial score (nSPS) is 11.9. The molecule has 0 aromatic heterocycles. The third-order valence-electron chi connectivity index (χ3n) is 2.96. The number of nitrogens with one attached hydrogen (secondary N) is 2. The molecular formula is C15H22F3N3O. The molecule has 0 fully saturated rings. The van der Waals surface area contributed by atoms with Crippen molar-refractivity contribution in [3.05, 3.63) is 29.6 Å². The number of benzene rings is 1. The van der Waals surface area contributed by atoms with Crippen LogP contribution in [0.2, 0.25) is 0 Å². The standard InChI is InChI=1S/C15H22F3N3O/c1-10(2)7-8-20-15(19-3)21-9-11-12(16)5-4-6-13(11)22-14(17)18/h4-6,10,14H,7-9H2,1-3H3,(H2,19,20,21). The molecule has 7 heteroatoms. The fraction of sp³-hybridized carbons (Fsp3) is 0.533. The first-order valence-electron chi connectivity index (χ1n) is 7.10. The van der Waals surface area contributed by atoms with E-state index in [1.165, 1.54) is 18.2 Å². The number of halogens is 3. The van der Waals surface area contributed by atoms with Crippen molar-refractivity contribution in [1.29, 1.82) is 0 Å². The van der Waals surface area contributed by atoms with E-state index < -0.39 is 12.4 Å². The molecule has 0 aliphatic heterocycles. The molecule has 1 rings (SSSR count). The summed E-state index contributed by atoms with van der Waals surface area (Å²) >= 11 is 0. The summed E-state index contributed by atoms with van der Waals surface area (Å²) in [5.74, 6) is 0.235. The zero-order chi connectivity index (χ0) is 16.5. The van der Waals surface area contributed by atoms with Gasteiger partial charge in [0.05, 0.1) is 0 Å². The van der Waals surface area contributed by atoms with E-state index in [1.807, 2.05) is 0 Å².